The van der Waals surface area contributed by atoms with E-state index in [1.807, 2.05) is 25.2 Å². The summed E-state index contributed by atoms with van der Waals surface area (Å²) in [4.78, 5) is 4.78. The molecule has 0 bridgehead atoms. The largest absolute Gasteiger partial charge is 0.388 e. The Labute approximate surface area is 129 Å². The first-order chi connectivity index (χ1) is 10.2. The second-order valence-corrected chi connectivity index (χ2v) is 5.43. The van der Waals surface area contributed by atoms with E-state index in [1.165, 1.54) is 0 Å². The molecule has 0 aliphatic heterocycles. The molecule has 0 saturated heterocycles. The SMILES string of the molecule is CCCn1c(-c2ccc(NC)cc2)nc2cccc(Cl)c21. The van der Waals surface area contributed by atoms with Gasteiger partial charge in [0.1, 0.15) is 5.82 Å². The molecule has 0 amide bonds. The second kappa shape index (κ2) is 5.78. The van der Waals surface area contributed by atoms with Gasteiger partial charge in [-0.2, -0.15) is 0 Å². The van der Waals surface area contributed by atoms with Crippen LogP contribution in [0.5, 0.6) is 0 Å². The Kier molecular flexibility index (Phi) is 3.84. The second-order valence-electron chi connectivity index (χ2n) is 5.02. The number of rotatable bonds is 4. The average molecular weight is 300 g/mol. The normalized spacial score (nSPS) is 11.0. The summed E-state index contributed by atoms with van der Waals surface area (Å²) in [5.74, 6) is 0.975. The van der Waals surface area contributed by atoms with Gasteiger partial charge in [0, 0.05) is 24.8 Å². The monoisotopic (exact) mass is 299 g/mol. The highest BCUT2D eigenvalue weighted by Crippen LogP contribution is 2.30. The fraction of sp³-hybridized carbons (Fsp3) is 0.235. The standard InChI is InChI=1S/C17H18ClN3/c1-3-11-21-16-14(18)5-4-6-15(16)20-17(21)12-7-9-13(19-2)10-8-12/h4-10,19H,3,11H2,1-2H3. The maximum absolute atomic E-state index is 6.38. The molecule has 0 atom stereocenters. The van der Waals surface area contributed by atoms with Gasteiger partial charge in [0.25, 0.3) is 0 Å². The Hall–Kier alpha value is -2.00. The van der Waals surface area contributed by atoms with Crippen LogP contribution in [0, 0.1) is 0 Å². The zero-order valence-corrected chi connectivity index (χ0v) is 13.0. The molecule has 21 heavy (non-hydrogen) atoms. The number of para-hydroxylation sites is 1. The van der Waals surface area contributed by atoms with Gasteiger partial charge in [0.15, 0.2) is 0 Å². The molecule has 0 unspecified atom stereocenters. The number of benzene rings is 2. The van der Waals surface area contributed by atoms with Crippen LogP contribution in [0.15, 0.2) is 42.5 Å². The number of fused-ring (bicyclic) bond motifs is 1. The number of aromatic nitrogens is 2. The summed E-state index contributed by atoms with van der Waals surface area (Å²) < 4.78 is 2.21. The van der Waals surface area contributed by atoms with E-state index in [0.717, 1.165) is 46.1 Å². The molecule has 0 radical (unpaired) electrons. The van der Waals surface area contributed by atoms with E-state index in [9.17, 15) is 0 Å². The number of aryl methyl sites for hydroxylation is 1. The van der Waals surface area contributed by atoms with Crippen LogP contribution < -0.4 is 5.32 Å². The molecular weight excluding hydrogens is 282 g/mol. The number of nitrogens with one attached hydrogen (secondary N) is 1. The van der Waals surface area contributed by atoms with Gasteiger partial charge in [-0.15, -0.1) is 0 Å². The van der Waals surface area contributed by atoms with E-state index in [1.54, 1.807) is 0 Å². The van der Waals surface area contributed by atoms with Crippen LogP contribution in [0.4, 0.5) is 5.69 Å². The molecule has 108 valence electrons. The predicted octanol–water partition coefficient (Wildman–Crippen LogP) is 4.81. The molecule has 4 heteroatoms. The highest BCUT2D eigenvalue weighted by molar-refractivity contribution is 6.35. The van der Waals surface area contributed by atoms with Gasteiger partial charge < -0.3 is 9.88 Å². The quantitative estimate of drug-likeness (QED) is 0.749. The van der Waals surface area contributed by atoms with Crippen molar-refractivity contribution in [3.05, 3.63) is 47.5 Å². The van der Waals surface area contributed by atoms with Crippen molar-refractivity contribution in [2.24, 2.45) is 0 Å². The molecular formula is C17H18ClN3. The molecule has 3 aromatic rings. The lowest BCUT2D eigenvalue weighted by atomic mass is 10.2. The minimum Gasteiger partial charge on any atom is -0.388 e. The zero-order chi connectivity index (χ0) is 14.8. The highest BCUT2D eigenvalue weighted by Gasteiger charge is 2.14. The Morgan fingerprint density at radius 3 is 2.57 bits per heavy atom. The van der Waals surface area contributed by atoms with Crippen LogP contribution >= 0.6 is 11.6 Å². The van der Waals surface area contributed by atoms with Gasteiger partial charge in [-0.1, -0.05) is 24.6 Å². The van der Waals surface area contributed by atoms with Crippen molar-refractivity contribution in [3.8, 4) is 11.4 Å². The van der Waals surface area contributed by atoms with Gasteiger partial charge in [-0.25, -0.2) is 4.98 Å². The molecule has 1 N–H and O–H groups in total. The molecule has 0 aliphatic rings. The van der Waals surface area contributed by atoms with Crippen molar-refractivity contribution >= 4 is 28.3 Å². The predicted molar refractivity (Wildman–Crippen MR) is 90.0 cm³/mol. The molecule has 3 nitrogen and oxygen atoms in total. The first kappa shape index (κ1) is 14.0. The minimum atomic E-state index is 0.756. The first-order valence-electron chi connectivity index (χ1n) is 7.17. The fourth-order valence-electron chi connectivity index (χ4n) is 2.59. The molecule has 0 spiro atoms. The van der Waals surface area contributed by atoms with Crippen LogP contribution in [0.1, 0.15) is 13.3 Å². The summed E-state index contributed by atoms with van der Waals surface area (Å²) in [5, 5.41) is 3.89. The van der Waals surface area contributed by atoms with Crippen LogP contribution in [0.3, 0.4) is 0 Å². The van der Waals surface area contributed by atoms with Gasteiger partial charge in [-0.3, -0.25) is 0 Å². The Morgan fingerprint density at radius 2 is 1.90 bits per heavy atom. The van der Waals surface area contributed by atoms with Crippen LogP contribution in [-0.4, -0.2) is 16.6 Å². The lowest BCUT2D eigenvalue weighted by molar-refractivity contribution is 0.704. The van der Waals surface area contributed by atoms with Crippen molar-refractivity contribution in [3.63, 3.8) is 0 Å². The number of hydrogen-bond donors (Lipinski definition) is 1. The summed E-state index contributed by atoms with van der Waals surface area (Å²) in [6.45, 7) is 3.07. The van der Waals surface area contributed by atoms with Crippen LogP contribution in [0.2, 0.25) is 5.02 Å². The molecule has 2 aromatic carbocycles. The van der Waals surface area contributed by atoms with E-state index in [2.05, 4.69) is 41.1 Å². The summed E-state index contributed by atoms with van der Waals surface area (Å²) in [7, 11) is 1.92. The summed E-state index contributed by atoms with van der Waals surface area (Å²) in [6.07, 6.45) is 1.04. The smallest absolute Gasteiger partial charge is 0.141 e. The molecule has 1 aromatic heterocycles. The first-order valence-corrected chi connectivity index (χ1v) is 7.55. The van der Waals surface area contributed by atoms with Crippen molar-refractivity contribution < 1.29 is 0 Å². The fourth-order valence-corrected chi connectivity index (χ4v) is 2.86. The van der Waals surface area contributed by atoms with Gasteiger partial charge >= 0.3 is 0 Å². The summed E-state index contributed by atoms with van der Waals surface area (Å²) in [5.41, 5.74) is 4.17. The van der Waals surface area contributed by atoms with Gasteiger partial charge in [0.2, 0.25) is 0 Å². The third kappa shape index (κ3) is 2.49. The van der Waals surface area contributed by atoms with Crippen molar-refractivity contribution in [2.75, 3.05) is 12.4 Å². The Balaban J connectivity index is 2.20. The third-order valence-corrected chi connectivity index (χ3v) is 3.90. The minimum absolute atomic E-state index is 0.756. The Morgan fingerprint density at radius 1 is 1.14 bits per heavy atom. The van der Waals surface area contributed by atoms with E-state index in [0.29, 0.717) is 0 Å². The highest BCUT2D eigenvalue weighted by atomic mass is 35.5. The van der Waals surface area contributed by atoms with Crippen LogP contribution in [-0.2, 0) is 6.54 Å². The lowest BCUT2D eigenvalue weighted by Crippen LogP contribution is -2.00. The summed E-state index contributed by atoms with van der Waals surface area (Å²) >= 11 is 6.38. The summed E-state index contributed by atoms with van der Waals surface area (Å²) in [6, 6.07) is 14.2. The van der Waals surface area contributed by atoms with E-state index in [4.69, 9.17) is 16.6 Å². The average Bonchev–Trinajstić information content (AvgIpc) is 2.88. The number of anilines is 1. The number of nitrogens with zero attached hydrogens (tertiary/aromatic N) is 2. The van der Waals surface area contributed by atoms with Crippen molar-refractivity contribution in [2.45, 2.75) is 19.9 Å². The number of hydrogen-bond acceptors (Lipinski definition) is 2. The maximum Gasteiger partial charge on any atom is 0.141 e. The van der Waals surface area contributed by atoms with E-state index in [-0.39, 0.29) is 0 Å². The number of imidazole rings is 1. The third-order valence-electron chi connectivity index (χ3n) is 3.60. The van der Waals surface area contributed by atoms with E-state index < -0.39 is 0 Å². The zero-order valence-electron chi connectivity index (χ0n) is 12.2. The molecule has 0 aliphatic carbocycles. The van der Waals surface area contributed by atoms with Crippen molar-refractivity contribution in [1.29, 1.82) is 0 Å². The molecule has 0 fully saturated rings. The maximum atomic E-state index is 6.38. The molecule has 3 rings (SSSR count). The number of halogens is 1. The van der Waals surface area contributed by atoms with E-state index >= 15 is 0 Å². The van der Waals surface area contributed by atoms with Gasteiger partial charge in [0.05, 0.1) is 16.1 Å². The van der Waals surface area contributed by atoms with Gasteiger partial charge in [-0.05, 0) is 42.8 Å². The lowest BCUT2D eigenvalue weighted by Gasteiger charge is -2.09. The Bertz CT molecular complexity index is 760. The van der Waals surface area contributed by atoms with Crippen molar-refractivity contribution in [1.82, 2.24) is 9.55 Å². The topological polar surface area (TPSA) is 29.9 Å². The molecule has 1 heterocycles. The molecule has 0 saturated carbocycles. The van der Waals surface area contributed by atoms with Crippen LogP contribution in [0.25, 0.3) is 22.4 Å².